The van der Waals surface area contributed by atoms with Gasteiger partial charge >= 0.3 is 18.0 Å². The van der Waals surface area contributed by atoms with Crippen molar-refractivity contribution < 1.29 is 28.2 Å². The smallest absolute Gasteiger partial charge is 0.338 e. The number of nitrogens with one attached hydrogen (secondary N) is 2. The minimum Gasteiger partial charge on any atom is -0.463 e. The van der Waals surface area contributed by atoms with Gasteiger partial charge in [0.15, 0.2) is 0 Å². The maximum Gasteiger partial charge on any atom is 0.338 e. The highest BCUT2D eigenvalue weighted by atomic mass is 19.1. The second kappa shape index (κ2) is 9.16. The molecule has 2 rings (SSSR count). The Balaban J connectivity index is 2.04. The standard InChI is InChI=1S/C19H23FN2O5/c1-4-26-18(24)16-12(3)21-19(25)22-15(16)10-27-17(23)11(2)8-13-6-5-7-14(20)9-13/h5-7,9,11-12H,4,8,10H2,1-3H3,(H2,21,22,25). The van der Waals surface area contributed by atoms with Crippen molar-refractivity contribution in [2.75, 3.05) is 13.2 Å². The predicted octanol–water partition coefficient (Wildman–Crippen LogP) is 2.07. The summed E-state index contributed by atoms with van der Waals surface area (Å²) in [6.45, 7) is 4.89. The van der Waals surface area contributed by atoms with Gasteiger partial charge in [-0.15, -0.1) is 0 Å². The Morgan fingerprint density at radius 3 is 2.70 bits per heavy atom. The van der Waals surface area contributed by atoms with Gasteiger partial charge < -0.3 is 20.1 Å². The number of amides is 2. The molecule has 0 spiro atoms. The minimum atomic E-state index is -0.587. The molecule has 2 N–H and O–H groups in total. The first-order chi connectivity index (χ1) is 12.8. The third-order valence-electron chi connectivity index (χ3n) is 4.06. The van der Waals surface area contributed by atoms with Crippen molar-refractivity contribution in [3.05, 3.63) is 46.9 Å². The van der Waals surface area contributed by atoms with Gasteiger partial charge in [0, 0.05) is 0 Å². The molecule has 0 aromatic heterocycles. The van der Waals surface area contributed by atoms with E-state index in [-0.39, 0.29) is 30.3 Å². The van der Waals surface area contributed by atoms with E-state index >= 15 is 0 Å². The molecule has 0 saturated heterocycles. The zero-order valence-corrected chi connectivity index (χ0v) is 15.5. The van der Waals surface area contributed by atoms with Gasteiger partial charge in [0.1, 0.15) is 12.4 Å². The summed E-state index contributed by atoms with van der Waals surface area (Å²) < 4.78 is 23.5. The monoisotopic (exact) mass is 378 g/mol. The molecule has 0 radical (unpaired) electrons. The highest BCUT2D eigenvalue weighted by molar-refractivity contribution is 5.94. The van der Waals surface area contributed by atoms with Crippen molar-refractivity contribution in [1.29, 1.82) is 0 Å². The molecular formula is C19H23FN2O5. The number of benzene rings is 1. The number of carbonyl (C=O) groups is 3. The lowest BCUT2D eigenvalue weighted by Gasteiger charge is -2.26. The van der Waals surface area contributed by atoms with Gasteiger partial charge in [0.05, 0.1) is 29.8 Å². The molecule has 0 saturated carbocycles. The molecule has 0 aliphatic carbocycles. The van der Waals surface area contributed by atoms with Crippen LogP contribution in [-0.2, 0) is 25.5 Å². The number of esters is 2. The summed E-state index contributed by atoms with van der Waals surface area (Å²) in [4.78, 5) is 36.1. The average molecular weight is 378 g/mol. The molecule has 2 amide bonds. The Bertz CT molecular complexity index is 762. The average Bonchev–Trinajstić information content (AvgIpc) is 2.59. The van der Waals surface area contributed by atoms with E-state index in [1.165, 1.54) is 12.1 Å². The van der Waals surface area contributed by atoms with Gasteiger partial charge in [-0.3, -0.25) is 4.79 Å². The number of halogens is 1. The first kappa shape index (κ1) is 20.4. The summed E-state index contributed by atoms with van der Waals surface area (Å²) in [7, 11) is 0. The van der Waals surface area contributed by atoms with Crippen molar-refractivity contribution >= 4 is 18.0 Å². The quantitative estimate of drug-likeness (QED) is 0.709. The van der Waals surface area contributed by atoms with E-state index in [9.17, 15) is 18.8 Å². The Labute approximate surface area is 156 Å². The summed E-state index contributed by atoms with van der Waals surface area (Å²) in [6, 6.07) is 4.93. The Morgan fingerprint density at radius 2 is 2.04 bits per heavy atom. The number of hydrogen-bond acceptors (Lipinski definition) is 5. The molecule has 27 heavy (non-hydrogen) atoms. The molecule has 0 bridgehead atoms. The van der Waals surface area contributed by atoms with Crippen molar-refractivity contribution in [3.8, 4) is 0 Å². The van der Waals surface area contributed by atoms with Crippen LogP contribution < -0.4 is 10.6 Å². The molecule has 1 aliphatic heterocycles. The molecule has 2 unspecified atom stereocenters. The van der Waals surface area contributed by atoms with Crippen molar-refractivity contribution in [3.63, 3.8) is 0 Å². The van der Waals surface area contributed by atoms with Crippen LogP contribution in [0.1, 0.15) is 26.3 Å². The minimum absolute atomic E-state index is 0.181. The molecule has 1 aromatic rings. The summed E-state index contributed by atoms with van der Waals surface area (Å²) in [5.74, 6) is -2.00. The summed E-state index contributed by atoms with van der Waals surface area (Å²) >= 11 is 0. The summed E-state index contributed by atoms with van der Waals surface area (Å²) in [6.07, 6.45) is 0.310. The topological polar surface area (TPSA) is 93.7 Å². The van der Waals surface area contributed by atoms with E-state index in [2.05, 4.69) is 10.6 Å². The number of ether oxygens (including phenoxy) is 2. The van der Waals surface area contributed by atoms with Crippen LogP contribution in [0.25, 0.3) is 0 Å². The van der Waals surface area contributed by atoms with Gasteiger partial charge in [-0.1, -0.05) is 19.1 Å². The molecule has 1 aliphatic rings. The van der Waals surface area contributed by atoms with Gasteiger partial charge in [0.25, 0.3) is 0 Å². The molecule has 1 aromatic carbocycles. The molecule has 7 nitrogen and oxygen atoms in total. The van der Waals surface area contributed by atoms with E-state index in [4.69, 9.17) is 9.47 Å². The van der Waals surface area contributed by atoms with Crippen LogP contribution in [0.2, 0.25) is 0 Å². The van der Waals surface area contributed by atoms with Gasteiger partial charge in [-0.25, -0.2) is 14.0 Å². The van der Waals surface area contributed by atoms with E-state index in [1.807, 2.05) is 0 Å². The molecular weight excluding hydrogens is 355 g/mol. The highest BCUT2D eigenvalue weighted by Gasteiger charge is 2.30. The first-order valence-electron chi connectivity index (χ1n) is 8.70. The van der Waals surface area contributed by atoms with Crippen LogP contribution in [0.4, 0.5) is 9.18 Å². The second-order valence-electron chi connectivity index (χ2n) is 6.28. The number of hydrogen-bond donors (Lipinski definition) is 2. The van der Waals surface area contributed by atoms with Gasteiger partial charge in [-0.05, 0) is 38.0 Å². The van der Waals surface area contributed by atoms with Crippen molar-refractivity contribution in [1.82, 2.24) is 10.6 Å². The van der Waals surface area contributed by atoms with Crippen LogP contribution >= 0.6 is 0 Å². The van der Waals surface area contributed by atoms with Crippen molar-refractivity contribution in [2.45, 2.75) is 33.2 Å². The van der Waals surface area contributed by atoms with Crippen LogP contribution in [0.3, 0.4) is 0 Å². The number of rotatable bonds is 7. The SMILES string of the molecule is CCOC(=O)C1=C(COC(=O)C(C)Cc2cccc(F)c2)NC(=O)NC1C. The lowest BCUT2D eigenvalue weighted by Crippen LogP contribution is -2.50. The van der Waals surface area contributed by atoms with E-state index < -0.39 is 29.9 Å². The number of urea groups is 1. The Hall–Kier alpha value is -2.90. The fraction of sp³-hybridized carbons (Fsp3) is 0.421. The van der Waals surface area contributed by atoms with Crippen molar-refractivity contribution in [2.24, 2.45) is 5.92 Å². The molecule has 2 atom stereocenters. The van der Waals surface area contributed by atoms with Crippen LogP contribution in [0.5, 0.6) is 0 Å². The third-order valence-corrected chi connectivity index (χ3v) is 4.06. The van der Waals surface area contributed by atoms with E-state index in [1.54, 1.807) is 32.9 Å². The first-order valence-corrected chi connectivity index (χ1v) is 8.70. The van der Waals surface area contributed by atoms with E-state index in [0.29, 0.717) is 12.0 Å². The highest BCUT2D eigenvalue weighted by Crippen LogP contribution is 2.16. The molecule has 146 valence electrons. The molecule has 8 heteroatoms. The molecule has 0 fully saturated rings. The normalized spacial score (nSPS) is 17.6. The zero-order chi connectivity index (χ0) is 20.0. The lowest BCUT2D eigenvalue weighted by atomic mass is 10.0. The maximum atomic E-state index is 13.3. The Kier molecular flexibility index (Phi) is 6.92. The zero-order valence-electron chi connectivity index (χ0n) is 15.5. The largest absolute Gasteiger partial charge is 0.463 e. The summed E-state index contributed by atoms with van der Waals surface area (Å²) in [5, 5.41) is 5.05. The Morgan fingerprint density at radius 1 is 1.30 bits per heavy atom. The number of carbonyl (C=O) groups excluding carboxylic acids is 3. The van der Waals surface area contributed by atoms with Gasteiger partial charge in [-0.2, -0.15) is 0 Å². The fourth-order valence-corrected chi connectivity index (χ4v) is 2.78. The van der Waals surface area contributed by atoms with Crippen LogP contribution in [0.15, 0.2) is 35.5 Å². The van der Waals surface area contributed by atoms with Crippen LogP contribution in [0, 0.1) is 11.7 Å². The van der Waals surface area contributed by atoms with Gasteiger partial charge in [0.2, 0.25) is 0 Å². The van der Waals surface area contributed by atoms with Crippen LogP contribution in [-0.4, -0.2) is 37.2 Å². The predicted molar refractivity (Wildman–Crippen MR) is 95.0 cm³/mol. The van der Waals surface area contributed by atoms with E-state index in [0.717, 1.165) is 0 Å². The third kappa shape index (κ3) is 5.54. The summed E-state index contributed by atoms with van der Waals surface area (Å²) in [5.41, 5.74) is 1.08. The second-order valence-corrected chi connectivity index (χ2v) is 6.28. The molecule has 1 heterocycles. The fourth-order valence-electron chi connectivity index (χ4n) is 2.78. The lowest BCUT2D eigenvalue weighted by molar-refractivity contribution is -0.147. The maximum absolute atomic E-state index is 13.3.